The van der Waals surface area contributed by atoms with E-state index in [1.54, 1.807) is 0 Å². The third-order valence-corrected chi connectivity index (χ3v) is 4.55. The number of hydrogen-bond donors (Lipinski definition) is 1. The lowest BCUT2D eigenvalue weighted by atomic mass is 9.89. The Balaban J connectivity index is 1.36. The number of aliphatic hydroxyl groups is 1. The number of β-amino-alcohol motifs (C(OH)–C–C–N with tert-alkyl or cyclic N) is 1. The molecule has 1 N–H and O–H groups in total. The second-order valence-electron chi connectivity index (χ2n) is 6.56. The second-order valence-corrected chi connectivity index (χ2v) is 6.56. The molecule has 3 heteroatoms. The summed E-state index contributed by atoms with van der Waals surface area (Å²) in [6, 6.07) is 6.32. The Morgan fingerprint density at radius 1 is 1.30 bits per heavy atom. The minimum Gasteiger partial charge on any atom is -0.493 e. The van der Waals surface area contributed by atoms with E-state index in [0.717, 1.165) is 38.4 Å². The zero-order chi connectivity index (χ0) is 14.2. The molecule has 3 rings (SSSR count). The number of hydrogen-bond acceptors (Lipinski definition) is 3. The number of benzene rings is 1. The van der Waals surface area contributed by atoms with Crippen molar-refractivity contribution in [2.45, 2.75) is 38.7 Å². The molecule has 0 aromatic heterocycles. The summed E-state index contributed by atoms with van der Waals surface area (Å²) in [7, 11) is 0. The Kier molecular flexibility index (Phi) is 3.74. The van der Waals surface area contributed by atoms with Gasteiger partial charge in [-0.15, -0.1) is 0 Å². The molecule has 1 aliphatic heterocycles. The van der Waals surface area contributed by atoms with Gasteiger partial charge in [0.1, 0.15) is 5.75 Å². The van der Waals surface area contributed by atoms with E-state index in [1.807, 2.05) is 0 Å². The van der Waals surface area contributed by atoms with Crippen LogP contribution in [0.5, 0.6) is 5.75 Å². The molecule has 3 nitrogen and oxygen atoms in total. The summed E-state index contributed by atoms with van der Waals surface area (Å²) in [6.45, 7) is 7.68. The summed E-state index contributed by atoms with van der Waals surface area (Å²) >= 11 is 0. The third-order valence-electron chi connectivity index (χ3n) is 4.55. The molecule has 110 valence electrons. The van der Waals surface area contributed by atoms with Crippen molar-refractivity contribution in [2.24, 2.45) is 5.92 Å². The van der Waals surface area contributed by atoms with Crippen molar-refractivity contribution >= 4 is 0 Å². The first kappa shape index (κ1) is 13.9. The van der Waals surface area contributed by atoms with Crippen LogP contribution in [0, 0.1) is 19.8 Å². The Morgan fingerprint density at radius 3 is 2.75 bits per heavy atom. The van der Waals surface area contributed by atoms with E-state index >= 15 is 0 Å². The van der Waals surface area contributed by atoms with E-state index in [2.05, 4.69) is 36.9 Å². The fraction of sp³-hybridized carbons (Fsp3) is 0.647. The molecule has 0 spiro atoms. The van der Waals surface area contributed by atoms with Gasteiger partial charge in [-0.2, -0.15) is 0 Å². The van der Waals surface area contributed by atoms with Crippen LogP contribution in [0.15, 0.2) is 18.2 Å². The first-order valence-electron chi connectivity index (χ1n) is 7.72. The average molecular weight is 275 g/mol. The van der Waals surface area contributed by atoms with Gasteiger partial charge in [0.25, 0.3) is 0 Å². The Hall–Kier alpha value is -1.06. The van der Waals surface area contributed by atoms with Crippen molar-refractivity contribution in [3.63, 3.8) is 0 Å². The monoisotopic (exact) mass is 275 g/mol. The van der Waals surface area contributed by atoms with Crippen LogP contribution < -0.4 is 4.74 Å². The smallest absolute Gasteiger partial charge is 0.122 e. The van der Waals surface area contributed by atoms with Crippen molar-refractivity contribution in [2.75, 3.05) is 26.2 Å². The van der Waals surface area contributed by atoms with E-state index in [0.29, 0.717) is 5.92 Å². The summed E-state index contributed by atoms with van der Waals surface area (Å²) in [5.41, 5.74) is 2.08. The lowest BCUT2D eigenvalue weighted by Gasteiger charge is -2.47. The number of aryl methyl sites for hydroxylation is 2. The molecular weight excluding hydrogens is 250 g/mol. The van der Waals surface area contributed by atoms with Crippen LogP contribution in [0.2, 0.25) is 0 Å². The summed E-state index contributed by atoms with van der Waals surface area (Å²) in [4.78, 5) is 2.34. The molecule has 1 aromatic carbocycles. The second kappa shape index (κ2) is 5.38. The van der Waals surface area contributed by atoms with Crippen LogP contribution in [-0.4, -0.2) is 41.8 Å². The van der Waals surface area contributed by atoms with Crippen LogP contribution in [0.4, 0.5) is 0 Å². The van der Waals surface area contributed by atoms with Crippen LogP contribution in [0.3, 0.4) is 0 Å². The van der Waals surface area contributed by atoms with Crippen LogP contribution in [-0.2, 0) is 0 Å². The number of likely N-dealkylation sites (tertiary alicyclic amines) is 1. The first-order valence-corrected chi connectivity index (χ1v) is 7.72. The number of ether oxygens (including phenoxy) is 1. The molecule has 1 heterocycles. The van der Waals surface area contributed by atoms with Crippen LogP contribution in [0.1, 0.15) is 30.4 Å². The lowest BCUT2D eigenvalue weighted by Crippen LogP contribution is -2.63. The maximum absolute atomic E-state index is 10.2. The summed E-state index contributed by atoms with van der Waals surface area (Å²) in [5.74, 6) is 1.59. The highest BCUT2D eigenvalue weighted by atomic mass is 16.5. The van der Waals surface area contributed by atoms with Crippen LogP contribution in [0.25, 0.3) is 0 Å². The van der Waals surface area contributed by atoms with Crippen molar-refractivity contribution < 1.29 is 9.84 Å². The Labute approximate surface area is 121 Å². The predicted octanol–water partition coefficient (Wildman–Crippen LogP) is 2.53. The summed E-state index contributed by atoms with van der Waals surface area (Å²) < 4.78 is 5.86. The zero-order valence-corrected chi connectivity index (χ0v) is 12.6. The highest BCUT2D eigenvalue weighted by Gasteiger charge is 2.51. The molecule has 0 amide bonds. The molecule has 1 aromatic rings. The molecule has 1 aliphatic carbocycles. The van der Waals surface area contributed by atoms with Crippen LogP contribution >= 0.6 is 0 Å². The van der Waals surface area contributed by atoms with Crippen molar-refractivity contribution in [3.8, 4) is 5.75 Å². The topological polar surface area (TPSA) is 32.7 Å². The maximum atomic E-state index is 10.2. The summed E-state index contributed by atoms with van der Waals surface area (Å²) in [6.07, 6.45) is 3.47. The van der Waals surface area contributed by atoms with Gasteiger partial charge in [-0.25, -0.2) is 0 Å². The van der Waals surface area contributed by atoms with Crippen molar-refractivity contribution in [1.29, 1.82) is 0 Å². The SMILES string of the molecule is Cc1ccc(C)c(OCCCN2CC(O)(C3CC3)C2)c1. The quantitative estimate of drug-likeness (QED) is 0.810. The van der Waals surface area contributed by atoms with Gasteiger partial charge in [0.15, 0.2) is 0 Å². The highest BCUT2D eigenvalue weighted by molar-refractivity contribution is 5.35. The number of nitrogens with zero attached hydrogens (tertiary/aromatic N) is 1. The zero-order valence-electron chi connectivity index (χ0n) is 12.6. The summed E-state index contributed by atoms with van der Waals surface area (Å²) in [5, 5.41) is 10.2. The van der Waals surface area contributed by atoms with Gasteiger partial charge in [-0.1, -0.05) is 12.1 Å². The van der Waals surface area contributed by atoms with Crippen molar-refractivity contribution in [1.82, 2.24) is 4.90 Å². The largest absolute Gasteiger partial charge is 0.493 e. The fourth-order valence-corrected chi connectivity index (χ4v) is 3.10. The molecule has 0 radical (unpaired) electrons. The third kappa shape index (κ3) is 2.99. The molecule has 2 aliphatic rings. The molecular formula is C17H25NO2. The van der Waals surface area contributed by atoms with E-state index in [1.165, 1.54) is 24.0 Å². The van der Waals surface area contributed by atoms with E-state index in [-0.39, 0.29) is 5.60 Å². The lowest BCUT2D eigenvalue weighted by molar-refractivity contribution is -0.113. The average Bonchev–Trinajstić information content (AvgIpc) is 3.20. The molecule has 2 fully saturated rings. The van der Waals surface area contributed by atoms with Crippen molar-refractivity contribution in [3.05, 3.63) is 29.3 Å². The molecule has 1 saturated heterocycles. The fourth-order valence-electron chi connectivity index (χ4n) is 3.10. The van der Waals surface area contributed by atoms with Gasteiger partial charge in [-0.3, -0.25) is 4.90 Å². The van der Waals surface area contributed by atoms with Gasteiger partial charge in [0.2, 0.25) is 0 Å². The highest BCUT2D eigenvalue weighted by Crippen LogP contribution is 2.44. The molecule has 1 saturated carbocycles. The van der Waals surface area contributed by atoms with Gasteiger partial charge in [0, 0.05) is 19.6 Å². The minimum absolute atomic E-state index is 0.353. The molecule has 20 heavy (non-hydrogen) atoms. The van der Waals surface area contributed by atoms with Gasteiger partial charge in [-0.05, 0) is 56.2 Å². The van der Waals surface area contributed by atoms with E-state index in [9.17, 15) is 5.11 Å². The Bertz CT molecular complexity index is 476. The van der Waals surface area contributed by atoms with Gasteiger partial charge < -0.3 is 9.84 Å². The molecule has 0 atom stereocenters. The normalized spacial score (nSPS) is 21.6. The first-order chi connectivity index (χ1) is 9.57. The predicted molar refractivity (Wildman–Crippen MR) is 80.1 cm³/mol. The standard InChI is InChI=1S/C17H25NO2/c1-13-4-5-14(2)16(10-13)20-9-3-8-18-11-17(19,12-18)15-6-7-15/h4-5,10,15,19H,3,6-9,11-12H2,1-2H3. The van der Waals surface area contributed by atoms with E-state index in [4.69, 9.17) is 4.74 Å². The Morgan fingerprint density at radius 2 is 2.05 bits per heavy atom. The molecule has 0 unspecified atom stereocenters. The minimum atomic E-state index is -0.353. The van der Waals surface area contributed by atoms with Gasteiger partial charge >= 0.3 is 0 Å². The van der Waals surface area contributed by atoms with Gasteiger partial charge in [0.05, 0.1) is 12.2 Å². The number of rotatable bonds is 6. The molecule has 0 bridgehead atoms. The van der Waals surface area contributed by atoms with E-state index < -0.39 is 0 Å². The maximum Gasteiger partial charge on any atom is 0.122 e.